The van der Waals surface area contributed by atoms with Gasteiger partial charge in [-0.3, -0.25) is 14.5 Å². The van der Waals surface area contributed by atoms with Crippen LogP contribution in [0.1, 0.15) is 45.4 Å². The lowest BCUT2D eigenvalue weighted by Gasteiger charge is -2.35. The van der Waals surface area contributed by atoms with Gasteiger partial charge in [-0.1, -0.05) is 12.5 Å². The first-order valence-electron chi connectivity index (χ1n) is 7.82. The summed E-state index contributed by atoms with van der Waals surface area (Å²) in [6.45, 7) is 6.99. The molecule has 1 aliphatic heterocycles. The summed E-state index contributed by atoms with van der Waals surface area (Å²) in [5, 5.41) is 2.86. The van der Waals surface area contributed by atoms with Crippen LogP contribution in [-0.4, -0.2) is 41.8 Å². The lowest BCUT2D eigenvalue weighted by molar-refractivity contribution is -0.131. The van der Waals surface area contributed by atoms with E-state index in [9.17, 15) is 9.59 Å². The molecular weight excluding hydrogens is 252 g/mol. The van der Waals surface area contributed by atoms with Crippen molar-refractivity contribution in [3.8, 4) is 0 Å². The van der Waals surface area contributed by atoms with Crippen molar-refractivity contribution in [1.82, 2.24) is 10.2 Å². The van der Waals surface area contributed by atoms with Gasteiger partial charge in [0.15, 0.2) is 0 Å². The molecule has 2 rings (SSSR count). The summed E-state index contributed by atoms with van der Waals surface area (Å²) in [7, 11) is 0. The Kier molecular flexibility index (Phi) is 5.35. The number of likely N-dealkylation sites (tertiary alicyclic amines) is 1. The Labute approximate surface area is 121 Å². The third-order valence-electron chi connectivity index (χ3n) is 4.71. The Bertz CT molecular complexity index is 381. The van der Waals surface area contributed by atoms with E-state index in [1.807, 2.05) is 6.92 Å². The van der Waals surface area contributed by atoms with Gasteiger partial charge in [0, 0.05) is 24.9 Å². The van der Waals surface area contributed by atoms with Gasteiger partial charge >= 0.3 is 0 Å². The summed E-state index contributed by atoms with van der Waals surface area (Å²) in [6.07, 6.45) is 7.75. The molecule has 0 bridgehead atoms. The van der Waals surface area contributed by atoms with Crippen LogP contribution in [0.5, 0.6) is 0 Å². The highest BCUT2D eigenvalue weighted by molar-refractivity contribution is 5.83. The van der Waals surface area contributed by atoms with E-state index in [1.165, 1.54) is 0 Å². The van der Waals surface area contributed by atoms with Crippen LogP contribution in [0.3, 0.4) is 0 Å². The first kappa shape index (κ1) is 15.2. The van der Waals surface area contributed by atoms with Gasteiger partial charge in [0.25, 0.3) is 0 Å². The molecule has 0 radical (unpaired) electrons. The molecule has 2 fully saturated rings. The van der Waals surface area contributed by atoms with E-state index in [1.54, 1.807) is 6.08 Å². The smallest absolute Gasteiger partial charge is 0.237 e. The number of hydrogen-bond donors (Lipinski definition) is 1. The minimum absolute atomic E-state index is 0.0417. The van der Waals surface area contributed by atoms with Crippen LogP contribution < -0.4 is 5.32 Å². The molecule has 1 amide bonds. The standard InChI is InChI=1S/C16H26N2O2/c1-3-10-17-16(20)12(2)18-11-6-8-14(18)13-7-4-5-9-15(13)19/h3,12-14H,1,4-11H2,2H3,(H,17,20). The lowest BCUT2D eigenvalue weighted by atomic mass is 9.81. The first-order valence-corrected chi connectivity index (χ1v) is 7.82. The quantitative estimate of drug-likeness (QED) is 0.781. The highest BCUT2D eigenvalue weighted by Crippen LogP contribution is 2.33. The Morgan fingerprint density at radius 1 is 1.45 bits per heavy atom. The Morgan fingerprint density at radius 2 is 2.25 bits per heavy atom. The average Bonchev–Trinajstić information content (AvgIpc) is 2.93. The van der Waals surface area contributed by atoms with Crippen molar-refractivity contribution in [2.45, 2.75) is 57.5 Å². The Balaban J connectivity index is 2.00. The molecule has 3 atom stereocenters. The molecule has 1 aliphatic carbocycles. The number of amides is 1. The van der Waals surface area contributed by atoms with Crippen LogP contribution in [0.25, 0.3) is 0 Å². The van der Waals surface area contributed by atoms with E-state index in [2.05, 4.69) is 16.8 Å². The van der Waals surface area contributed by atoms with Crippen molar-refractivity contribution in [2.75, 3.05) is 13.1 Å². The molecule has 0 aromatic heterocycles. The van der Waals surface area contributed by atoms with E-state index in [0.717, 1.165) is 45.1 Å². The number of rotatable bonds is 5. The van der Waals surface area contributed by atoms with Crippen LogP contribution in [0.15, 0.2) is 12.7 Å². The molecule has 4 heteroatoms. The van der Waals surface area contributed by atoms with Crippen LogP contribution >= 0.6 is 0 Å². The van der Waals surface area contributed by atoms with Gasteiger partial charge in [0.1, 0.15) is 5.78 Å². The van der Waals surface area contributed by atoms with E-state index in [0.29, 0.717) is 12.3 Å². The van der Waals surface area contributed by atoms with Crippen molar-refractivity contribution >= 4 is 11.7 Å². The highest BCUT2D eigenvalue weighted by Gasteiger charge is 2.39. The number of carbonyl (C=O) groups excluding carboxylic acids is 2. The van der Waals surface area contributed by atoms with Gasteiger partial charge in [-0.05, 0) is 39.2 Å². The van der Waals surface area contributed by atoms with Crippen LogP contribution in [-0.2, 0) is 9.59 Å². The molecule has 0 spiro atoms. The molecule has 0 aromatic rings. The Hall–Kier alpha value is -1.16. The van der Waals surface area contributed by atoms with Gasteiger partial charge in [-0.2, -0.15) is 0 Å². The maximum atomic E-state index is 12.2. The summed E-state index contributed by atoms with van der Waals surface area (Å²) in [5.41, 5.74) is 0. The predicted octanol–water partition coefficient (Wildman–Crippen LogP) is 1.90. The van der Waals surface area contributed by atoms with Crippen molar-refractivity contribution < 1.29 is 9.59 Å². The summed E-state index contributed by atoms with van der Waals surface area (Å²) in [5.74, 6) is 0.604. The van der Waals surface area contributed by atoms with Gasteiger partial charge in [-0.15, -0.1) is 6.58 Å². The molecule has 2 aliphatic rings. The van der Waals surface area contributed by atoms with E-state index < -0.39 is 0 Å². The number of ketones is 1. The molecule has 112 valence electrons. The second-order valence-corrected chi connectivity index (χ2v) is 5.98. The fourth-order valence-electron chi connectivity index (χ4n) is 3.62. The molecule has 1 saturated heterocycles. The number of hydrogen-bond acceptors (Lipinski definition) is 3. The van der Waals surface area contributed by atoms with Crippen molar-refractivity contribution in [3.05, 3.63) is 12.7 Å². The minimum atomic E-state index is -0.155. The number of nitrogens with zero attached hydrogens (tertiary/aromatic N) is 1. The number of carbonyl (C=O) groups is 2. The van der Waals surface area contributed by atoms with Crippen molar-refractivity contribution in [3.63, 3.8) is 0 Å². The topological polar surface area (TPSA) is 49.4 Å². The molecule has 0 aromatic carbocycles. The van der Waals surface area contributed by atoms with Crippen molar-refractivity contribution in [1.29, 1.82) is 0 Å². The summed E-state index contributed by atoms with van der Waals surface area (Å²) >= 11 is 0. The predicted molar refractivity (Wildman–Crippen MR) is 79.4 cm³/mol. The zero-order valence-corrected chi connectivity index (χ0v) is 12.4. The third kappa shape index (κ3) is 3.29. The van der Waals surface area contributed by atoms with Crippen molar-refractivity contribution in [2.24, 2.45) is 5.92 Å². The number of nitrogens with one attached hydrogen (secondary N) is 1. The molecule has 3 unspecified atom stereocenters. The molecule has 1 saturated carbocycles. The normalized spacial score (nSPS) is 29.1. The third-order valence-corrected chi connectivity index (χ3v) is 4.71. The van der Waals surface area contributed by atoms with Crippen LogP contribution in [0.4, 0.5) is 0 Å². The lowest BCUT2D eigenvalue weighted by Crippen LogP contribution is -2.50. The zero-order chi connectivity index (χ0) is 14.5. The molecule has 20 heavy (non-hydrogen) atoms. The minimum Gasteiger partial charge on any atom is -0.351 e. The summed E-state index contributed by atoms with van der Waals surface area (Å²) < 4.78 is 0. The van der Waals surface area contributed by atoms with Gasteiger partial charge in [0.05, 0.1) is 6.04 Å². The average molecular weight is 278 g/mol. The monoisotopic (exact) mass is 278 g/mol. The summed E-state index contributed by atoms with van der Waals surface area (Å²) in [4.78, 5) is 26.5. The van der Waals surface area contributed by atoms with E-state index in [-0.39, 0.29) is 23.9 Å². The number of Topliss-reactive ketones (excluding diaryl/α,β-unsaturated/α-hetero) is 1. The fourth-order valence-corrected chi connectivity index (χ4v) is 3.62. The second-order valence-electron chi connectivity index (χ2n) is 5.98. The van der Waals surface area contributed by atoms with E-state index in [4.69, 9.17) is 0 Å². The SMILES string of the molecule is C=CCNC(=O)C(C)N1CCCC1C1CCCCC1=O. The zero-order valence-electron chi connectivity index (χ0n) is 12.4. The summed E-state index contributed by atoms with van der Waals surface area (Å²) in [6, 6.07) is 0.115. The highest BCUT2D eigenvalue weighted by atomic mass is 16.2. The molecule has 1 heterocycles. The largest absolute Gasteiger partial charge is 0.351 e. The van der Waals surface area contributed by atoms with Gasteiger partial charge in [-0.25, -0.2) is 0 Å². The van der Waals surface area contributed by atoms with Gasteiger partial charge in [0.2, 0.25) is 5.91 Å². The maximum Gasteiger partial charge on any atom is 0.237 e. The molecular formula is C16H26N2O2. The van der Waals surface area contributed by atoms with Gasteiger partial charge < -0.3 is 5.32 Å². The van der Waals surface area contributed by atoms with E-state index >= 15 is 0 Å². The Morgan fingerprint density at radius 3 is 2.95 bits per heavy atom. The maximum absolute atomic E-state index is 12.2. The second kappa shape index (κ2) is 7.02. The van der Waals surface area contributed by atoms with Crippen LogP contribution in [0.2, 0.25) is 0 Å². The van der Waals surface area contributed by atoms with Crippen LogP contribution in [0, 0.1) is 5.92 Å². The molecule has 4 nitrogen and oxygen atoms in total. The first-order chi connectivity index (χ1) is 9.65. The molecule has 1 N–H and O–H groups in total. The fraction of sp³-hybridized carbons (Fsp3) is 0.750.